The van der Waals surface area contributed by atoms with Crippen molar-refractivity contribution >= 4 is 5.78 Å². The van der Waals surface area contributed by atoms with Gasteiger partial charge in [0.05, 0.1) is 0 Å². The van der Waals surface area contributed by atoms with E-state index in [0.717, 1.165) is 0 Å². The number of carbonyl (C=O) groups excluding carboxylic acids is 1. The van der Waals surface area contributed by atoms with Gasteiger partial charge in [-0.05, 0) is 13.8 Å². The highest BCUT2D eigenvalue weighted by Gasteiger charge is 1.85. The first-order chi connectivity index (χ1) is 3.63. The fraction of sp³-hybridized carbons (Fsp3) is 0.500. The molecule has 46 valence electrons. The molecule has 0 fully saturated rings. The molecule has 8 heavy (non-hydrogen) atoms. The zero-order valence-corrected chi connectivity index (χ0v) is 5.27. The smallest absolute Gasteiger partial charge is 0.133 e. The van der Waals surface area contributed by atoms with Crippen LogP contribution in [0.2, 0.25) is 0 Å². The summed E-state index contributed by atoms with van der Waals surface area (Å²) in [5, 5.41) is 0. The molecule has 0 bridgehead atoms. The molecule has 2 N–H and O–H groups in total. The van der Waals surface area contributed by atoms with Gasteiger partial charge in [0, 0.05) is 12.1 Å². The third-order valence-corrected chi connectivity index (χ3v) is 0.711. The first-order valence-electron chi connectivity index (χ1n) is 2.54. The minimum absolute atomic E-state index is 0.148. The molecule has 0 aromatic heterocycles. The van der Waals surface area contributed by atoms with E-state index in [1.54, 1.807) is 19.9 Å². The molecule has 2 heteroatoms. The van der Waals surface area contributed by atoms with Gasteiger partial charge in [0.25, 0.3) is 0 Å². The Kier molecular flexibility index (Phi) is 2.92. The van der Waals surface area contributed by atoms with E-state index in [1.807, 2.05) is 0 Å². The summed E-state index contributed by atoms with van der Waals surface area (Å²) in [6.07, 6.45) is 2.17. The summed E-state index contributed by atoms with van der Waals surface area (Å²) in [5.41, 5.74) is 5.96. The maximum Gasteiger partial charge on any atom is 0.133 e. The van der Waals surface area contributed by atoms with Crippen molar-refractivity contribution in [3.8, 4) is 0 Å². The Balaban J connectivity index is 3.45. The van der Waals surface area contributed by atoms with Crippen LogP contribution in [0.15, 0.2) is 11.8 Å². The second kappa shape index (κ2) is 3.24. The van der Waals surface area contributed by atoms with E-state index in [9.17, 15) is 4.79 Å². The molecular weight excluding hydrogens is 102 g/mol. The summed E-state index contributed by atoms with van der Waals surface area (Å²) in [5.74, 6) is 0.148. The van der Waals surface area contributed by atoms with E-state index in [0.29, 0.717) is 12.1 Å². The van der Waals surface area contributed by atoms with Crippen molar-refractivity contribution in [1.82, 2.24) is 0 Å². The average molecular weight is 113 g/mol. The van der Waals surface area contributed by atoms with E-state index >= 15 is 0 Å². The first kappa shape index (κ1) is 7.21. The summed E-state index contributed by atoms with van der Waals surface area (Å²) in [7, 11) is 0. The molecule has 0 saturated heterocycles. The molecule has 0 spiro atoms. The number of ketones is 1. The van der Waals surface area contributed by atoms with Crippen molar-refractivity contribution in [2.75, 3.05) is 0 Å². The lowest BCUT2D eigenvalue weighted by atomic mass is 10.3. The number of carbonyl (C=O) groups is 1. The predicted molar refractivity (Wildman–Crippen MR) is 33.2 cm³/mol. The Morgan fingerprint density at radius 2 is 2.12 bits per heavy atom. The van der Waals surface area contributed by atoms with Gasteiger partial charge in [-0.15, -0.1) is 0 Å². The Hall–Kier alpha value is -0.790. The highest BCUT2D eigenvalue weighted by molar-refractivity contribution is 5.77. The topological polar surface area (TPSA) is 43.1 Å². The number of hydrogen-bond acceptors (Lipinski definition) is 2. The largest absolute Gasteiger partial charge is 0.403 e. The van der Waals surface area contributed by atoms with Crippen molar-refractivity contribution in [1.29, 1.82) is 0 Å². The summed E-state index contributed by atoms with van der Waals surface area (Å²) in [6.45, 7) is 3.31. The van der Waals surface area contributed by atoms with Gasteiger partial charge in [0.2, 0.25) is 0 Å². The quantitative estimate of drug-likeness (QED) is 0.576. The molecule has 0 aliphatic rings. The van der Waals surface area contributed by atoms with E-state index in [2.05, 4.69) is 0 Å². The minimum atomic E-state index is 0.148. The van der Waals surface area contributed by atoms with Crippen LogP contribution < -0.4 is 5.73 Å². The molecular formula is C6H11NO. The monoisotopic (exact) mass is 113 g/mol. The molecule has 0 amide bonds. The van der Waals surface area contributed by atoms with Crippen LogP contribution >= 0.6 is 0 Å². The SMILES string of the molecule is CC(=O)CC=C(C)N. The van der Waals surface area contributed by atoms with Gasteiger partial charge in [-0.3, -0.25) is 4.79 Å². The highest BCUT2D eigenvalue weighted by atomic mass is 16.1. The zero-order chi connectivity index (χ0) is 6.57. The van der Waals surface area contributed by atoms with E-state index < -0.39 is 0 Å². The van der Waals surface area contributed by atoms with Crippen molar-refractivity contribution in [3.05, 3.63) is 11.8 Å². The number of allylic oxidation sites excluding steroid dienone is 2. The van der Waals surface area contributed by atoms with Crippen molar-refractivity contribution in [3.63, 3.8) is 0 Å². The van der Waals surface area contributed by atoms with Crippen LogP contribution in [0.3, 0.4) is 0 Å². The van der Waals surface area contributed by atoms with E-state index in [-0.39, 0.29) is 5.78 Å². The molecule has 0 aromatic carbocycles. The Morgan fingerprint density at radius 3 is 2.25 bits per heavy atom. The maximum absolute atomic E-state index is 10.2. The molecule has 2 nitrogen and oxygen atoms in total. The van der Waals surface area contributed by atoms with E-state index in [4.69, 9.17) is 5.73 Å². The standard InChI is InChI=1S/C6H11NO/c1-5(7)3-4-6(2)8/h3H,4,7H2,1-2H3. The first-order valence-corrected chi connectivity index (χ1v) is 2.54. The number of rotatable bonds is 2. The van der Waals surface area contributed by atoms with E-state index in [1.165, 1.54) is 0 Å². The highest BCUT2D eigenvalue weighted by Crippen LogP contribution is 1.86. The van der Waals surface area contributed by atoms with Gasteiger partial charge >= 0.3 is 0 Å². The Labute approximate surface area is 49.4 Å². The van der Waals surface area contributed by atoms with Crippen LogP contribution in [0.5, 0.6) is 0 Å². The summed E-state index contributed by atoms with van der Waals surface area (Å²) in [4.78, 5) is 10.2. The molecule has 0 radical (unpaired) electrons. The molecule has 0 saturated carbocycles. The summed E-state index contributed by atoms with van der Waals surface area (Å²) in [6, 6.07) is 0. The lowest BCUT2D eigenvalue weighted by molar-refractivity contribution is -0.116. The van der Waals surface area contributed by atoms with Crippen LogP contribution in [0.25, 0.3) is 0 Å². The number of hydrogen-bond donors (Lipinski definition) is 1. The molecule has 0 aliphatic carbocycles. The van der Waals surface area contributed by atoms with Gasteiger partial charge in [-0.25, -0.2) is 0 Å². The van der Waals surface area contributed by atoms with Crippen LogP contribution in [0.4, 0.5) is 0 Å². The van der Waals surface area contributed by atoms with Crippen molar-refractivity contribution < 1.29 is 4.79 Å². The third-order valence-electron chi connectivity index (χ3n) is 0.711. The fourth-order valence-corrected chi connectivity index (χ4v) is 0.305. The van der Waals surface area contributed by atoms with Gasteiger partial charge < -0.3 is 5.73 Å². The fourth-order valence-electron chi connectivity index (χ4n) is 0.305. The van der Waals surface area contributed by atoms with Crippen LogP contribution in [-0.2, 0) is 4.79 Å². The minimum Gasteiger partial charge on any atom is -0.403 e. The lowest BCUT2D eigenvalue weighted by Crippen LogP contribution is -1.92. The van der Waals surface area contributed by atoms with Gasteiger partial charge in [0.15, 0.2) is 0 Å². The normalized spacial score (nSPS) is 11.5. The molecule has 0 heterocycles. The Bertz CT molecular complexity index is 112. The maximum atomic E-state index is 10.2. The number of nitrogens with two attached hydrogens (primary N) is 1. The third kappa shape index (κ3) is 5.21. The lowest BCUT2D eigenvalue weighted by Gasteiger charge is -1.86. The van der Waals surface area contributed by atoms with Crippen molar-refractivity contribution in [2.24, 2.45) is 5.73 Å². The summed E-state index contributed by atoms with van der Waals surface area (Å²) >= 11 is 0. The molecule has 0 atom stereocenters. The van der Waals surface area contributed by atoms with Gasteiger partial charge in [0.1, 0.15) is 5.78 Å². The average Bonchev–Trinajstić information content (AvgIpc) is 1.61. The van der Waals surface area contributed by atoms with Crippen molar-refractivity contribution in [2.45, 2.75) is 20.3 Å². The zero-order valence-electron chi connectivity index (χ0n) is 5.27. The molecule has 0 rings (SSSR count). The van der Waals surface area contributed by atoms with Gasteiger partial charge in [-0.2, -0.15) is 0 Å². The molecule has 0 aliphatic heterocycles. The molecule has 0 unspecified atom stereocenters. The predicted octanol–water partition coefficient (Wildman–Crippen LogP) is 0.828. The summed E-state index contributed by atoms with van der Waals surface area (Å²) < 4.78 is 0. The van der Waals surface area contributed by atoms with Crippen LogP contribution in [0.1, 0.15) is 20.3 Å². The second-order valence-corrected chi connectivity index (χ2v) is 1.85. The van der Waals surface area contributed by atoms with Crippen LogP contribution in [0, 0.1) is 0 Å². The second-order valence-electron chi connectivity index (χ2n) is 1.85. The number of Topliss-reactive ketones (excluding diaryl/α,β-unsaturated/α-hetero) is 1. The van der Waals surface area contributed by atoms with Crippen LogP contribution in [-0.4, -0.2) is 5.78 Å². The van der Waals surface area contributed by atoms with Gasteiger partial charge in [-0.1, -0.05) is 6.08 Å². The molecule has 0 aromatic rings. The Morgan fingerprint density at radius 1 is 1.62 bits per heavy atom.